The van der Waals surface area contributed by atoms with Gasteiger partial charge in [-0.15, -0.1) is 0 Å². The number of hydrogen-bond donors (Lipinski definition) is 1. The van der Waals surface area contributed by atoms with Crippen molar-refractivity contribution in [1.29, 1.82) is 0 Å². The third-order valence-electron chi connectivity index (χ3n) is 6.49. The van der Waals surface area contributed by atoms with Crippen LogP contribution >= 0.6 is 0 Å². The maximum atomic E-state index is 11.5. The van der Waals surface area contributed by atoms with Crippen molar-refractivity contribution in [3.05, 3.63) is 35.5 Å². The Morgan fingerprint density at radius 1 is 1.30 bits per heavy atom. The molecule has 0 aromatic heterocycles. The zero-order chi connectivity index (χ0) is 16.6. The van der Waals surface area contributed by atoms with Gasteiger partial charge in [0, 0.05) is 11.3 Å². The Morgan fingerprint density at radius 2 is 2.09 bits per heavy atom. The molecule has 3 rings (SSSR count). The van der Waals surface area contributed by atoms with E-state index in [1.165, 1.54) is 6.42 Å². The van der Waals surface area contributed by atoms with Crippen molar-refractivity contribution in [3.8, 4) is 0 Å². The summed E-state index contributed by atoms with van der Waals surface area (Å²) >= 11 is 0. The molecule has 0 heterocycles. The first-order valence-electron chi connectivity index (χ1n) is 8.67. The van der Waals surface area contributed by atoms with Crippen LogP contribution in [-0.4, -0.2) is 23.8 Å². The second-order valence-corrected chi connectivity index (χ2v) is 7.64. The summed E-state index contributed by atoms with van der Waals surface area (Å²) in [5.41, 5.74) is 1.14. The fourth-order valence-corrected chi connectivity index (χ4v) is 5.33. The van der Waals surface area contributed by atoms with Crippen molar-refractivity contribution in [2.75, 3.05) is 0 Å². The molecule has 0 saturated heterocycles. The van der Waals surface area contributed by atoms with Gasteiger partial charge >= 0.3 is 0 Å². The first kappa shape index (κ1) is 16.4. The van der Waals surface area contributed by atoms with Crippen LogP contribution in [0.25, 0.3) is 0 Å². The monoisotopic (exact) mass is 314 g/mol. The number of hydrogen-bond acceptors (Lipinski definition) is 3. The van der Waals surface area contributed by atoms with E-state index in [1.807, 2.05) is 12.2 Å². The van der Waals surface area contributed by atoms with E-state index in [0.717, 1.165) is 37.4 Å². The maximum Gasteiger partial charge on any atom is 0.146 e. The third-order valence-corrected chi connectivity index (χ3v) is 6.49. The van der Waals surface area contributed by atoms with Crippen molar-refractivity contribution >= 4 is 12.6 Å². The molecule has 0 amide bonds. The van der Waals surface area contributed by atoms with Gasteiger partial charge in [-0.2, -0.15) is 0 Å². The molecule has 0 aliphatic heterocycles. The molecular weight excluding hydrogens is 288 g/mol. The zero-order valence-electron chi connectivity index (χ0n) is 13.9. The van der Waals surface area contributed by atoms with E-state index in [0.29, 0.717) is 23.3 Å². The highest BCUT2D eigenvalue weighted by Gasteiger charge is 2.61. The van der Waals surface area contributed by atoms with Crippen LogP contribution in [0.4, 0.5) is 0 Å². The molecule has 1 N–H and O–H groups in total. The van der Waals surface area contributed by atoms with Gasteiger partial charge in [-0.05, 0) is 61.5 Å². The summed E-state index contributed by atoms with van der Waals surface area (Å²) in [5, 5.41) is 11.1. The molecule has 2 fully saturated rings. The first-order valence-corrected chi connectivity index (χ1v) is 8.67. The van der Waals surface area contributed by atoms with Gasteiger partial charge in [-0.3, -0.25) is 9.59 Å². The van der Waals surface area contributed by atoms with E-state index in [2.05, 4.69) is 13.0 Å². The Balaban J connectivity index is 1.97. The van der Waals surface area contributed by atoms with E-state index in [1.54, 1.807) is 13.0 Å². The van der Waals surface area contributed by atoms with Crippen molar-refractivity contribution in [1.82, 2.24) is 0 Å². The lowest BCUT2D eigenvalue weighted by atomic mass is 9.75. The predicted octanol–water partition coefficient (Wildman–Crippen LogP) is 3.25. The smallest absolute Gasteiger partial charge is 0.146 e. The van der Waals surface area contributed by atoms with Gasteiger partial charge in [0.2, 0.25) is 0 Å². The second-order valence-electron chi connectivity index (χ2n) is 7.64. The van der Waals surface area contributed by atoms with Crippen LogP contribution in [0.15, 0.2) is 35.5 Å². The lowest BCUT2D eigenvalue weighted by molar-refractivity contribution is -0.106. The Kier molecular flexibility index (Phi) is 4.41. The average molecular weight is 314 g/mol. The first-order chi connectivity index (χ1) is 11.0. The van der Waals surface area contributed by atoms with E-state index in [4.69, 9.17) is 0 Å². The minimum atomic E-state index is -0.531. The van der Waals surface area contributed by atoms with Crippen LogP contribution in [0.5, 0.6) is 0 Å². The van der Waals surface area contributed by atoms with Crippen LogP contribution in [0.2, 0.25) is 0 Å². The molecule has 0 radical (unpaired) electrons. The summed E-state index contributed by atoms with van der Waals surface area (Å²) in [5.74, 6) is 1.42. The van der Waals surface area contributed by atoms with Gasteiger partial charge in [-0.25, -0.2) is 0 Å². The zero-order valence-corrected chi connectivity index (χ0v) is 13.9. The van der Waals surface area contributed by atoms with Crippen molar-refractivity contribution in [3.63, 3.8) is 0 Å². The maximum absolute atomic E-state index is 11.5. The number of carbonyl (C=O) groups excluding carboxylic acids is 2. The molecule has 124 valence electrons. The minimum Gasteiger partial charge on any atom is -0.392 e. The Labute approximate surface area is 138 Å². The van der Waals surface area contributed by atoms with Crippen LogP contribution in [0.1, 0.15) is 39.5 Å². The summed E-state index contributed by atoms with van der Waals surface area (Å²) in [4.78, 5) is 22.3. The third kappa shape index (κ3) is 2.55. The number of aliphatic hydroxyl groups is 1. The highest BCUT2D eigenvalue weighted by Crippen LogP contribution is 2.63. The molecule has 2 saturated carbocycles. The molecule has 23 heavy (non-hydrogen) atoms. The molecule has 0 aromatic carbocycles. The average Bonchev–Trinajstić information content (AvgIpc) is 2.97. The lowest BCUT2D eigenvalue weighted by Gasteiger charge is -2.31. The fourth-order valence-electron chi connectivity index (χ4n) is 5.33. The van der Waals surface area contributed by atoms with E-state index < -0.39 is 6.10 Å². The lowest BCUT2D eigenvalue weighted by Crippen LogP contribution is -2.33. The molecule has 0 bridgehead atoms. The Hall–Kier alpha value is -1.48. The number of aliphatic hydroxyl groups excluding tert-OH is 1. The topological polar surface area (TPSA) is 54.4 Å². The number of rotatable bonds is 4. The molecular formula is C20H26O3. The summed E-state index contributed by atoms with van der Waals surface area (Å²) < 4.78 is 0. The van der Waals surface area contributed by atoms with Crippen molar-refractivity contribution < 1.29 is 14.7 Å². The highest BCUT2D eigenvalue weighted by atomic mass is 16.3. The van der Waals surface area contributed by atoms with Crippen LogP contribution in [0, 0.1) is 29.1 Å². The van der Waals surface area contributed by atoms with E-state index in [9.17, 15) is 14.7 Å². The molecule has 3 nitrogen and oxygen atoms in total. The summed E-state index contributed by atoms with van der Waals surface area (Å²) in [7, 11) is 0. The summed E-state index contributed by atoms with van der Waals surface area (Å²) in [6.45, 7) is 3.88. The SMILES string of the molecule is CC(C=O)=CC=CC1(C)C(O)C2C(C=O)=CCCC3CCC1C32. The molecule has 0 aromatic rings. The van der Waals surface area contributed by atoms with Crippen LogP contribution in [-0.2, 0) is 9.59 Å². The van der Waals surface area contributed by atoms with Gasteiger partial charge in [0.15, 0.2) is 0 Å². The molecule has 6 unspecified atom stereocenters. The Morgan fingerprint density at radius 3 is 2.78 bits per heavy atom. The standard InChI is InChI=1S/C20H26O3/c1-13(11-21)5-4-10-20(2)16-9-8-14-6-3-7-15(12-22)18(17(14)16)19(20)23/h4-5,7,10-12,14,16-19,23H,3,6,8-9H2,1-2H3. The van der Waals surface area contributed by atoms with Crippen molar-refractivity contribution in [2.45, 2.75) is 45.6 Å². The van der Waals surface area contributed by atoms with Crippen LogP contribution in [0.3, 0.4) is 0 Å². The molecule has 3 aliphatic rings. The fraction of sp³-hybridized carbons (Fsp3) is 0.600. The summed E-state index contributed by atoms with van der Waals surface area (Å²) in [6, 6.07) is 0. The largest absolute Gasteiger partial charge is 0.392 e. The van der Waals surface area contributed by atoms with E-state index in [-0.39, 0.29) is 11.3 Å². The molecule has 6 atom stereocenters. The van der Waals surface area contributed by atoms with Gasteiger partial charge < -0.3 is 5.11 Å². The van der Waals surface area contributed by atoms with Gasteiger partial charge in [0.25, 0.3) is 0 Å². The molecule has 0 spiro atoms. The quantitative estimate of drug-likeness (QED) is 0.492. The number of allylic oxidation sites excluding steroid dienone is 4. The van der Waals surface area contributed by atoms with Gasteiger partial charge in [-0.1, -0.05) is 31.2 Å². The predicted molar refractivity (Wildman–Crippen MR) is 89.6 cm³/mol. The van der Waals surface area contributed by atoms with Crippen molar-refractivity contribution in [2.24, 2.45) is 29.1 Å². The number of aldehydes is 2. The second kappa shape index (κ2) is 6.20. The van der Waals surface area contributed by atoms with Gasteiger partial charge in [0.05, 0.1) is 6.10 Å². The molecule has 3 aliphatic carbocycles. The Bertz CT molecular complexity index is 586. The molecule has 3 heteroatoms. The normalized spacial score (nSPS) is 43.2. The summed E-state index contributed by atoms with van der Waals surface area (Å²) in [6.07, 6.45) is 13.5. The van der Waals surface area contributed by atoms with Gasteiger partial charge in [0.1, 0.15) is 12.6 Å². The van der Waals surface area contributed by atoms with E-state index >= 15 is 0 Å². The number of carbonyl (C=O) groups is 2. The van der Waals surface area contributed by atoms with Crippen LogP contribution < -0.4 is 0 Å². The minimum absolute atomic E-state index is 0.0294. The highest BCUT2D eigenvalue weighted by molar-refractivity contribution is 5.75.